The van der Waals surface area contributed by atoms with E-state index in [2.05, 4.69) is 35.0 Å². The van der Waals surface area contributed by atoms with Crippen LogP contribution in [-0.2, 0) is 0 Å². The minimum absolute atomic E-state index is 0.0412. The first kappa shape index (κ1) is 12.2. The lowest BCUT2D eigenvalue weighted by Gasteiger charge is -2.29. The Hall–Kier alpha value is -0.840. The third-order valence-corrected chi connectivity index (χ3v) is 4.71. The van der Waals surface area contributed by atoms with Crippen LogP contribution in [0.15, 0.2) is 34.8 Å². The van der Waals surface area contributed by atoms with E-state index in [4.69, 9.17) is 4.74 Å². The Morgan fingerprint density at radius 3 is 2.89 bits per heavy atom. The number of aliphatic hydroxyl groups is 1. The van der Waals surface area contributed by atoms with Gasteiger partial charge in [0.1, 0.15) is 11.9 Å². The van der Waals surface area contributed by atoms with E-state index in [9.17, 15) is 5.11 Å². The van der Waals surface area contributed by atoms with Crippen LogP contribution in [0.2, 0.25) is 0 Å². The highest BCUT2D eigenvalue weighted by molar-refractivity contribution is 9.10. The Morgan fingerprint density at radius 1 is 1.33 bits per heavy atom. The van der Waals surface area contributed by atoms with Crippen LogP contribution in [0.3, 0.4) is 0 Å². The zero-order valence-corrected chi connectivity index (χ0v) is 12.3. The summed E-state index contributed by atoms with van der Waals surface area (Å²) in [7, 11) is 0. The summed E-state index contributed by atoms with van der Waals surface area (Å²) in [6.07, 6.45) is 0.129. The van der Waals surface area contributed by atoms with Crippen molar-refractivity contribution in [3.8, 4) is 5.75 Å². The van der Waals surface area contributed by atoms with Crippen molar-refractivity contribution in [3.05, 3.63) is 50.1 Å². The van der Waals surface area contributed by atoms with E-state index in [0.29, 0.717) is 6.42 Å². The minimum Gasteiger partial charge on any atom is -0.484 e. The molecule has 1 aromatic heterocycles. The standard InChI is InChI=1S/C14H13BrO2S/c1-8-2-5-14(18-8)13-7-11(16)10-4-3-9(15)6-12(10)17-13/h2-6,11,13,16H,7H2,1H3. The van der Waals surface area contributed by atoms with E-state index in [1.54, 1.807) is 11.3 Å². The van der Waals surface area contributed by atoms with Crippen molar-refractivity contribution < 1.29 is 9.84 Å². The molecular formula is C14H13BrO2S. The summed E-state index contributed by atoms with van der Waals surface area (Å²) in [5.74, 6) is 0.777. The highest BCUT2D eigenvalue weighted by Gasteiger charge is 2.28. The molecule has 0 aliphatic carbocycles. The van der Waals surface area contributed by atoms with E-state index in [1.807, 2.05) is 18.2 Å². The number of aliphatic hydroxyl groups excluding tert-OH is 1. The van der Waals surface area contributed by atoms with Crippen molar-refractivity contribution in [2.24, 2.45) is 0 Å². The molecule has 0 fully saturated rings. The first-order valence-electron chi connectivity index (χ1n) is 5.84. The Kier molecular flexibility index (Phi) is 3.18. The number of rotatable bonds is 1. The first-order chi connectivity index (χ1) is 8.63. The van der Waals surface area contributed by atoms with E-state index >= 15 is 0 Å². The molecular weight excluding hydrogens is 312 g/mol. The Morgan fingerprint density at radius 2 is 2.17 bits per heavy atom. The van der Waals surface area contributed by atoms with E-state index < -0.39 is 6.10 Å². The summed E-state index contributed by atoms with van der Waals surface area (Å²) in [5.41, 5.74) is 0.878. The molecule has 0 radical (unpaired) electrons. The lowest BCUT2D eigenvalue weighted by molar-refractivity contribution is 0.0674. The molecule has 1 aromatic carbocycles. The average molecular weight is 325 g/mol. The van der Waals surface area contributed by atoms with Gasteiger partial charge in [-0.2, -0.15) is 0 Å². The van der Waals surface area contributed by atoms with Gasteiger partial charge in [-0.3, -0.25) is 0 Å². The molecule has 2 heterocycles. The SMILES string of the molecule is Cc1ccc(C2CC(O)c3ccc(Br)cc3O2)s1. The molecule has 2 nitrogen and oxygen atoms in total. The molecule has 0 amide bonds. The molecule has 2 atom stereocenters. The van der Waals surface area contributed by atoms with Gasteiger partial charge in [0.05, 0.1) is 6.10 Å². The second-order valence-electron chi connectivity index (χ2n) is 4.49. The van der Waals surface area contributed by atoms with Gasteiger partial charge in [-0.05, 0) is 31.2 Å². The van der Waals surface area contributed by atoms with Gasteiger partial charge in [-0.15, -0.1) is 11.3 Å². The van der Waals surface area contributed by atoms with Gasteiger partial charge < -0.3 is 9.84 Å². The molecule has 2 unspecified atom stereocenters. The second-order valence-corrected chi connectivity index (χ2v) is 6.72. The fourth-order valence-electron chi connectivity index (χ4n) is 2.22. The molecule has 1 N–H and O–H groups in total. The Bertz CT molecular complexity index is 579. The molecule has 4 heteroatoms. The molecule has 94 valence electrons. The smallest absolute Gasteiger partial charge is 0.136 e. The number of thiophene rings is 1. The van der Waals surface area contributed by atoms with E-state index in [1.165, 1.54) is 9.75 Å². The molecule has 0 bridgehead atoms. The van der Waals surface area contributed by atoms with Crippen molar-refractivity contribution in [3.63, 3.8) is 0 Å². The molecule has 2 aromatic rings. The van der Waals surface area contributed by atoms with Crippen LogP contribution in [0, 0.1) is 6.92 Å². The molecule has 18 heavy (non-hydrogen) atoms. The summed E-state index contributed by atoms with van der Waals surface area (Å²) >= 11 is 5.16. The Labute approximate surface area is 118 Å². The van der Waals surface area contributed by atoms with Crippen molar-refractivity contribution in [2.45, 2.75) is 25.6 Å². The van der Waals surface area contributed by atoms with Crippen molar-refractivity contribution >= 4 is 27.3 Å². The molecule has 3 rings (SSSR count). The monoisotopic (exact) mass is 324 g/mol. The number of hydrogen-bond acceptors (Lipinski definition) is 3. The summed E-state index contributed by atoms with van der Waals surface area (Å²) in [6.45, 7) is 2.08. The Balaban J connectivity index is 1.95. The molecule has 1 aliphatic rings. The van der Waals surface area contributed by atoms with Crippen LogP contribution in [0.4, 0.5) is 0 Å². The third-order valence-electron chi connectivity index (χ3n) is 3.12. The maximum absolute atomic E-state index is 10.2. The van der Waals surface area contributed by atoms with Crippen molar-refractivity contribution in [2.75, 3.05) is 0 Å². The van der Waals surface area contributed by atoms with Gasteiger partial charge in [0.15, 0.2) is 0 Å². The van der Waals surface area contributed by atoms with Gasteiger partial charge in [0.2, 0.25) is 0 Å². The number of benzene rings is 1. The summed E-state index contributed by atoms with van der Waals surface area (Å²) in [5, 5.41) is 10.2. The lowest BCUT2D eigenvalue weighted by Crippen LogP contribution is -2.18. The van der Waals surface area contributed by atoms with Gasteiger partial charge in [0, 0.05) is 26.2 Å². The number of hydrogen-bond donors (Lipinski definition) is 1. The van der Waals surface area contributed by atoms with Gasteiger partial charge >= 0.3 is 0 Å². The largest absolute Gasteiger partial charge is 0.484 e. The van der Waals surface area contributed by atoms with Crippen LogP contribution in [0.5, 0.6) is 5.75 Å². The molecule has 0 saturated carbocycles. The normalized spacial score (nSPS) is 22.4. The van der Waals surface area contributed by atoms with Gasteiger partial charge in [-0.25, -0.2) is 0 Å². The van der Waals surface area contributed by atoms with Crippen LogP contribution in [0.1, 0.15) is 33.9 Å². The van der Waals surface area contributed by atoms with Crippen molar-refractivity contribution in [1.82, 2.24) is 0 Å². The van der Waals surface area contributed by atoms with Crippen LogP contribution in [-0.4, -0.2) is 5.11 Å². The van der Waals surface area contributed by atoms with Crippen LogP contribution >= 0.6 is 27.3 Å². The maximum Gasteiger partial charge on any atom is 0.136 e. The van der Waals surface area contributed by atoms with Gasteiger partial charge in [-0.1, -0.05) is 22.0 Å². The van der Waals surface area contributed by atoms with Gasteiger partial charge in [0.25, 0.3) is 0 Å². The fraction of sp³-hybridized carbons (Fsp3) is 0.286. The lowest BCUT2D eigenvalue weighted by atomic mass is 9.98. The van der Waals surface area contributed by atoms with Crippen LogP contribution < -0.4 is 4.74 Å². The quantitative estimate of drug-likeness (QED) is 0.843. The molecule has 0 spiro atoms. The first-order valence-corrected chi connectivity index (χ1v) is 7.45. The average Bonchev–Trinajstić information content (AvgIpc) is 2.75. The van der Waals surface area contributed by atoms with E-state index in [-0.39, 0.29) is 6.10 Å². The number of fused-ring (bicyclic) bond motifs is 1. The van der Waals surface area contributed by atoms with Crippen LogP contribution in [0.25, 0.3) is 0 Å². The topological polar surface area (TPSA) is 29.5 Å². The summed E-state index contributed by atoms with van der Waals surface area (Å²) in [4.78, 5) is 2.44. The summed E-state index contributed by atoms with van der Waals surface area (Å²) in [6, 6.07) is 9.94. The zero-order chi connectivity index (χ0) is 12.7. The summed E-state index contributed by atoms with van der Waals surface area (Å²) < 4.78 is 6.97. The highest BCUT2D eigenvalue weighted by Crippen LogP contribution is 2.43. The fourth-order valence-corrected chi connectivity index (χ4v) is 3.48. The number of ether oxygens (including phenoxy) is 1. The predicted molar refractivity (Wildman–Crippen MR) is 76.1 cm³/mol. The molecule has 0 saturated heterocycles. The predicted octanol–water partition coefficient (Wildman–Crippen LogP) is 4.38. The van der Waals surface area contributed by atoms with Crippen molar-refractivity contribution in [1.29, 1.82) is 0 Å². The number of aryl methyl sites for hydroxylation is 1. The minimum atomic E-state index is -0.450. The third kappa shape index (κ3) is 2.20. The molecule has 1 aliphatic heterocycles. The zero-order valence-electron chi connectivity index (χ0n) is 9.89. The number of halogens is 1. The second kappa shape index (κ2) is 4.68. The maximum atomic E-state index is 10.2. The highest BCUT2D eigenvalue weighted by atomic mass is 79.9. The van der Waals surface area contributed by atoms with E-state index in [0.717, 1.165) is 15.8 Å².